The Balaban J connectivity index is 0.000000106. The van der Waals surface area contributed by atoms with E-state index in [-0.39, 0.29) is 53.4 Å². The van der Waals surface area contributed by atoms with Gasteiger partial charge in [-0.2, -0.15) is 39.9 Å². The number of hydrogen-bond donors (Lipinski definition) is 4. The third-order valence-electron chi connectivity index (χ3n) is 26.7. The lowest BCUT2D eigenvalue weighted by atomic mass is 9.92. The summed E-state index contributed by atoms with van der Waals surface area (Å²) < 4.78 is 30.5. The zero-order valence-electron chi connectivity index (χ0n) is 76.0. The van der Waals surface area contributed by atoms with Crippen molar-refractivity contribution < 1.29 is 44.1 Å². The van der Waals surface area contributed by atoms with E-state index in [2.05, 4.69) is 189 Å². The van der Waals surface area contributed by atoms with Crippen LogP contribution in [0.2, 0.25) is 0 Å². The van der Waals surface area contributed by atoms with Crippen LogP contribution in [0.1, 0.15) is 109 Å². The molecule has 0 unspecified atom stereocenters. The molecule has 17 aromatic carbocycles. The van der Waals surface area contributed by atoms with Gasteiger partial charge in [0, 0.05) is 35.1 Å². The van der Waals surface area contributed by atoms with Crippen molar-refractivity contribution in [3.05, 3.63) is 315 Å². The van der Waals surface area contributed by atoms with Gasteiger partial charge in [-0.25, -0.2) is 19.9 Å². The second-order valence-corrected chi connectivity index (χ2v) is 35.8. The van der Waals surface area contributed by atoms with Crippen molar-refractivity contribution in [2.75, 3.05) is 13.2 Å². The molecular formula is C117H98N12O9. The molecule has 21 heteroatoms. The van der Waals surface area contributed by atoms with Gasteiger partial charge in [-0.3, -0.25) is 0 Å². The number of rotatable bonds is 16. The average Bonchev–Trinajstić information content (AvgIpc) is 0.751. The molecule has 25 rings (SSSR count). The topological polar surface area (TPSA) is 282 Å². The number of hydrogen-bond acceptors (Lipinski definition) is 21. The van der Waals surface area contributed by atoms with Gasteiger partial charge >= 0.3 is 24.0 Å². The summed E-state index contributed by atoms with van der Waals surface area (Å²) in [6.45, 7) is 1.32. The minimum atomic E-state index is -0.0100. The van der Waals surface area contributed by atoms with Crippen LogP contribution in [0.3, 0.4) is 0 Å². The number of nitrogens with zero attached hydrogens (tertiary/aromatic N) is 12. The maximum absolute atomic E-state index is 10.6. The third kappa shape index (κ3) is 18.7. The SMILES string of the molecule is Oc1ccccc1-c1nc(OC2CCCCC2)nc(-c2c3ccccc3cc3ccccc23)n1.Oc1ccccc1-c1nc(OC2CCCCC2)nc(-c2cc3ccccc3c3ccccc23)n1.Oc1ccccc1-c1nc(OC2CCCCC2)nc(-c2ccc3ccc4cccc5ccc2c3c45)n1.Oc1ccccc1-c1nc(OC2CCOCC2)nc(-c2ccc3cc4ccccc4cc3c2)n1. The molecular weight excluding hydrogens is 1720 g/mol. The fraction of sp³-hybridized carbons (Fsp3) is 0.197. The van der Waals surface area contributed by atoms with Gasteiger partial charge in [-0.1, -0.05) is 250 Å². The van der Waals surface area contributed by atoms with Crippen LogP contribution in [-0.2, 0) is 4.74 Å². The summed E-state index contributed by atoms with van der Waals surface area (Å²) in [5.74, 6) is 4.26. The predicted molar refractivity (Wildman–Crippen MR) is 545 cm³/mol. The van der Waals surface area contributed by atoms with Crippen LogP contribution in [0.4, 0.5) is 0 Å². The zero-order valence-corrected chi connectivity index (χ0v) is 76.0. The quantitative estimate of drug-likeness (QED) is 0.0516. The largest absolute Gasteiger partial charge is 0.507 e. The smallest absolute Gasteiger partial charge is 0.320 e. The maximum atomic E-state index is 10.6. The number of fused-ring (bicyclic) bond motifs is 7. The number of phenolic OH excluding ortho intramolecular Hbond substituents is 4. The van der Waals surface area contributed by atoms with Crippen molar-refractivity contribution in [1.82, 2.24) is 59.8 Å². The second kappa shape index (κ2) is 39.4. The molecule has 0 atom stereocenters. The van der Waals surface area contributed by atoms with E-state index in [0.717, 1.165) is 166 Å². The molecule has 0 radical (unpaired) electrons. The fourth-order valence-electron chi connectivity index (χ4n) is 19.7. The normalized spacial score (nSPS) is 14.5. The molecule has 4 fully saturated rings. The van der Waals surface area contributed by atoms with Gasteiger partial charge in [0.2, 0.25) is 0 Å². The summed E-state index contributed by atoms with van der Waals surface area (Å²) >= 11 is 0. The Labute approximate surface area is 796 Å². The van der Waals surface area contributed by atoms with Crippen LogP contribution in [0.15, 0.2) is 315 Å². The van der Waals surface area contributed by atoms with Gasteiger partial charge in [0.25, 0.3) is 0 Å². The first kappa shape index (κ1) is 87.1. The lowest BCUT2D eigenvalue weighted by molar-refractivity contribution is 0.0217. The van der Waals surface area contributed by atoms with Crippen LogP contribution in [0.5, 0.6) is 47.0 Å². The highest BCUT2D eigenvalue weighted by Gasteiger charge is 2.28. The van der Waals surface area contributed by atoms with Gasteiger partial charge in [-0.15, -0.1) is 0 Å². The maximum Gasteiger partial charge on any atom is 0.320 e. The Morgan fingerprint density at radius 2 is 0.522 bits per heavy atom. The predicted octanol–water partition coefficient (Wildman–Crippen LogP) is 27.2. The molecule has 21 nitrogen and oxygen atoms in total. The molecule has 4 aliphatic rings. The Kier molecular flexibility index (Phi) is 24.8. The van der Waals surface area contributed by atoms with Crippen molar-refractivity contribution in [1.29, 1.82) is 0 Å². The molecule has 680 valence electrons. The number of aromatic hydroxyl groups is 4. The minimum absolute atomic E-state index is 0.0100. The van der Waals surface area contributed by atoms with Gasteiger partial charge in [0.05, 0.1) is 35.5 Å². The van der Waals surface area contributed by atoms with Gasteiger partial charge in [-0.05, 0) is 259 Å². The van der Waals surface area contributed by atoms with E-state index in [9.17, 15) is 20.4 Å². The van der Waals surface area contributed by atoms with E-state index in [0.29, 0.717) is 100 Å². The molecule has 5 heterocycles. The lowest BCUT2D eigenvalue weighted by Crippen LogP contribution is -2.26. The summed E-state index contributed by atoms with van der Waals surface area (Å²) in [7, 11) is 0. The molecule has 0 amide bonds. The summed E-state index contributed by atoms with van der Waals surface area (Å²) in [4.78, 5) is 56.8. The van der Waals surface area contributed by atoms with E-state index in [1.165, 1.54) is 62.4 Å². The molecule has 0 spiro atoms. The van der Waals surface area contributed by atoms with Gasteiger partial charge < -0.3 is 44.1 Å². The van der Waals surface area contributed by atoms with Crippen LogP contribution in [-0.4, -0.2) is 118 Å². The van der Waals surface area contributed by atoms with E-state index in [1.807, 2.05) is 97.1 Å². The number of phenols is 4. The average molecular weight is 1820 g/mol. The molecule has 1 saturated heterocycles. The fourth-order valence-corrected chi connectivity index (χ4v) is 19.7. The molecule has 1 aliphatic heterocycles. The summed E-state index contributed by atoms with van der Waals surface area (Å²) in [5, 5.41) is 62.7. The number of benzene rings is 17. The molecule has 21 aromatic rings. The standard InChI is InChI=1S/C31H25N3O2.2C29H25N3O2.C28H23N3O3/c35-26-12-5-4-11-25(26)30-32-29(33-31(34-30)36-22-9-2-1-3-10-22)24-18-16-21-14-13-19-7-6-8-20-15-17-23(24)28(21)27(19)20;33-25-17-9-8-16-24(25)27-30-28(32-29(31-27)34-21-12-2-1-3-13-21)26-22-14-6-4-10-19(22)18-20-11-5-7-15-23(20)26;33-26-17-9-8-16-24(26)27-30-28(32-29(31-27)34-20-11-2-1-3-12-20)25-18-19-10-4-5-13-21(19)22-14-6-7-15-23(22)25;32-25-8-4-3-7-24(25)27-29-26(30-28(31-27)34-23-11-13-33-14-12-23)21-10-9-20-15-18-5-1-2-6-19(18)16-22(20)17-21/h4-8,11-18,22,35H,1-3,9-10H2;4-11,14-18,21,33H,1-3,12-13H2;4-10,13-18,20,33H,1-3,11-12H2;1-10,15-17,23,32H,11-14H2. The van der Waals surface area contributed by atoms with Crippen molar-refractivity contribution in [3.8, 4) is 138 Å². The third-order valence-corrected chi connectivity index (χ3v) is 26.7. The molecule has 4 aromatic heterocycles. The van der Waals surface area contributed by atoms with Gasteiger partial charge in [0.1, 0.15) is 47.4 Å². The van der Waals surface area contributed by atoms with Crippen molar-refractivity contribution >= 4 is 97.0 Å². The Hall–Kier alpha value is -16.3. The van der Waals surface area contributed by atoms with Crippen LogP contribution < -0.4 is 18.9 Å². The van der Waals surface area contributed by atoms with E-state index in [1.54, 1.807) is 54.6 Å². The Morgan fingerprint density at radius 1 is 0.203 bits per heavy atom. The van der Waals surface area contributed by atoms with E-state index < -0.39 is 0 Å². The second-order valence-electron chi connectivity index (χ2n) is 35.8. The van der Waals surface area contributed by atoms with Crippen molar-refractivity contribution in [2.45, 2.75) is 134 Å². The molecule has 0 bridgehead atoms. The molecule has 138 heavy (non-hydrogen) atoms. The molecule has 4 N–H and O–H groups in total. The summed E-state index contributed by atoms with van der Waals surface area (Å²) in [6, 6.07) is 105. The Bertz CT molecular complexity index is 8000. The van der Waals surface area contributed by atoms with E-state index in [4.69, 9.17) is 58.6 Å². The molecule has 3 saturated carbocycles. The first-order valence-corrected chi connectivity index (χ1v) is 47.8. The van der Waals surface area contributed by atoms with Crippen molar-refractivity contribution in [2.24, 2.45) is 0 Å². The highest BCUT2D eigenvalue weighted by atomic mass is 16.5. The summed E-state index contributed by atoms with van der Waals surface area (Å²) in [5.41, 5.74) is 5.87. The lowest BCUT2D eigenvalue weighted by Gasteiger charge is -2.22. The highest BCUT2D eigenvalue weighted by molar-refractivity contribution is 6.25. The molecule has 3 aliphatic carbocycles. The first-order chi connectivity index (χ1) is 68.0. The van der Waals surface area contributed by atoms with Crippen LogP contribution in [0.25, 0.3) is 188 Å². The minimum Gasteiger partial charge on any atom is -0.507 e. The van der Waals surface area contributed by atoms with Crippen LogP contribution >= 0.6 is 0 Å². The van der Waals surface area contributed by atoms with Crippen molar-refractivity contribution in [3.63, 3.8) is 0 Å². The first-order valence-electron chi connectivity index (χ1n) is 47.8. The number of aromatic nitrogens is 12. The monoisotopic (exact) mass is 1810 g/mol. The van der Waals surface area contributed by atoms with E-state index >= 15 is 0 Å². The zero-order chi connectivity index (χ0) is 92.8. The highest BCUT2D eigenvalue weighted by Crippen LogP contribution is 2.45. The number of para-hydroxylation sites is 4. The Morgan fingerprint density at radius 3 is 1.00 bits per heavy atom. The van der Waals surface area contributed by atoms with Crippen LogP contribution in [0, 0.1) is 0 Å². The summed E-state index contributed by atoms with van der Waals surface area (Å²) in [6.07, 6.45) is 18.6. The number of ether oxygens (including phenoxy) is 5. The van der Waals surface area contributed by atoms with Gasteiger partial charge in [0.15, 0.2) is 46.6 Å².